The number of carbonyl (C=O) groups excluding carboxylic acids is 1. The highest BCUT2D eigenvalue weighted by atomic mass is 32.2. The number of nitrogens with two attached hydrogens (primary N) is 1. The van der Waals surface area contributed by atoms with Crippen LogP contribution in [0.4, 0.5) is 0 Å². The molecule has 0 saturated carbocycles. The van der Waals surface area contributed by atoms with E-state index in [9.17, 15) is 13.2 Å². The average Bonchev–Trinajstić information content (AvgIpc) is 2.77. The Hall–Kier alpha value is -1.34. The van der Waals surface area contributed by atoms with Gasteiger partial charge in [-0.1, -0.05) is 0 Å². The van der Waals surface area contributed by atoms with Crippen molar-refractivity contribution in [3.8, 4) is 0 Å². The van der Waals surface area contributed by atoms with Gasteiger partial charge in [0.1, 0.15) is 11.0 Å². The topological polar surface area (TPSA) is 102 Å². The van der Waals surface area contributed by atoms with E-state index in [0.717, 1.165) is 0 Å². The highest BCUT2D eigenvalue weighted by molar-refractivity contribution is 7.92. The number of amides is 1. The molecule has 1 atom stereocenters. The van der Waals surface area contributed by atoms with E-state index in [2.05, 4.69) is 5.32 Å². The minimum atomic E-state index is -3.47. The van der Waals surface area contributed by atoms with Crippen LogP contribution < -0.4 is 11.1 Å². The van der Waals surface area contributed by atoms with Gasteiger partial charge in [0.25, 0.3) is 0 Å². The van der Waals surface area contributed by atoms with Crippen molar-refractivity contribution in [2.75, 3.05) is 12.3 Å². The summed E-state index contributed by atoms with van der Waals surface area (Å²) in [7, 11) is -3.47. The van der Waals surface area contributed by atoms with Gasteiger partial charge in [0.05, 0.1) is 18.6 Å². The predicted molar refractivity (Wildman–Crippen MR) is 62.9 cm³/mol. The van der Waals surface area contributed by atoms with Crippen LogP contribution in [-0.4, -0.2) is 31.9 Å². The predicted octanol–water partition coefficient (Wildman–Crippen LogP) is -0.342. The van der Waals surface area contributed by atoms with Gasteiger partial charge in [0.15, 0.2) is 9.84 Å². The minimum Gasteiger partial charge on any atom is -0.467 e. The van der Waals surface area contributed by atoms with E-state index in [0.29, 0.717) is 5.76 Å². The van der Waals surface area contributed by atoms with Crippen molar-refractivity contribution in [3.05, 3.63) is 24.2 Å². The Morgan fingerprint density at radius 1 is 1.59 bits per heavy atom. The molecule has 0 aliphatic heterocycles. The van der Waals surface area contributed by atoms with E-state index in [1.807, 2.05) is 0 Å². The van der Waals surface area contributed by atoms with Gasteiger partial charge in [-0.05, 0) is 19.1 Å². The molecular formula is C10H16N2O4S. The summed E-state index contributed by atoms with van der Waals surface area (Å²) in [5.41, 5.74) is 5.18. The summed E-state index contributed by atoms with van der Waals surface area (Å²) in [6, 6.07) is 3.38. The minimum absolute atomic E-state index is 0.0120. The van der Waals surface area contributed by atoms with Gasteiger partial charge in [-0.25, -0.2) is 8.42 Å². The maximum Gasteiger partial charge on any atom is 0.238 e. The second-order valence-electron chi connectivity index (χ2n) is 3.60. The zero-order valence-electron chi connectivity index (χ0n) is 9.55. The number of hydrogen-bond donors (Lipinski definition) is 2. The van der Waals surface area contributed by atoms with Gasteiger partial charge in [-0.3, -0.25) is 4.79 Å². The molecule has 0 aromatic carbocycles. The quantitative estimate of drug-likeness (QED) is 0.728. The number of sulfone groups is 1. The highest BCUT2D eigenvalue weighted by Gasteiger charge is 2.26. The van der Waals surface area contributed by atoms with Crippen LogP contribution in [0, 0.1) is 0 Å². The summed E-state index contributed by atoms with van der Waals surface area (Å²) in [5.74, 6) is -0.167. The van der Waals surface area contributed by atoms with Gasteiger partial charge in [-0.15, -0.1) is 0 Å². The SMILES string of the molecule is CC(C(=O)NCc1ccco1)S(=O)(=O)CCN. The van der Waals surface area contributed by atoms with Gasteiger partial charge in [0, 0.05) is 6.54 Å². The molecule has 0 aliphatic carbocycles. The molecule has 7 heteroatoms. The van der Waals surface area contributed by atoms with Gasteiger partial charge in [-0.2, -0.15) is 0 Å². The second kappa shape index (κ2) is 5.83. The summed E-state index contributed by atoms with van der Waals surface area (Å²) in [6.07, 6.45) is 1.48. The Bertz CT molecular complexity index is 453. The van der Waals surface area contributed by atoms with E-state index < -0.39 is 21.0 Å². The molecule has 1 aromatic rings. The molecule has 1 aromatic heterocycles. The largest absolute Gasteiger partial charge is 0.467 e. The van der Waals surface area contributed by atoms with Crippen LogP contribution in [0.3, 0.4) is 0 Å². The smallest absolute Gasteiger partial charge is 0.238 e. The zero-order chi connectivity index (χ0) is 12.9. The van der Waals surface area contributed by atoms with Gasteiger partial charge < -0.3 is 15.5 Å². The number of nitrogens with one attached hydrogen (secondary N) is 1. The molecule has 6 nitrogen and oxygen atoms in total. The number of carbonyl (C=O) groups is 1. The molecule has 0 bridgehead atoms. The second-order valence-corrected chi connectivity index (χ2v) is 6.04. The van der Waals surface area contributed by atoms with Crippen LogP contribution in [-0.2, 0) is 21.2 Å². The van der Waals surface area contributed by atoms with Crippen molar-refractivity contribution in [1.82, 2.24) is 5.32 Å². The van der Waals surface area contributed by atoms with Crippen molar-refractivity contribution in [2.45, 2.75) is 18.7 Å². The number of furan rings is 1. The fraction of sp³-hybridized carbons (Fsp3) is 0.500. The molecule has 1 unspecified atom stereocenters. The Morgan fingerprint density at radius 3 is 2.82 bits per heavy atom. The maximum atomic E-state index is 11.6. The summed E-state index contributed by atoms with van der Waals surface area (Å²) in [4.78, 5) is 11.6. The van der Waals surface area contributed by atoms with E-state index in [1.54, 1.807) is 12.1 Å². The van der Waals surface area contributed by atoms with Crippen molar-refractivity contribution < 1.29 is 17.6 Å². The first-order valence-corrected chi connectivity index (χ1v) is 6.90. The molecule has 0 spiro atoms. The van der Waals surface area contributed by atoms with Crippen LogP contribution in [0.25, 0.3) is 0 Å². The standard InChI is InChI=1S/C10H16N2O4S/c1-8(17(14,15)6-4-11)10(13)12-7-9-3-2-5-16-9/h2-3,5,8H,4,6-7,11H2,1H3,(H,12,13). The lowest BCUT2D eigenvalue weighted by Crippen LogP contribution is -2.39. The zero-order valence-corrected chi connectivity index (χ0v) is 10.4. The van der Waals surface area contributed by atoms with E-state index >= 15 is 0 Å². The third kappa shape index (κ3) is 3.86. The Balaban J connectivity index is 2.53. The van der Waals surface area contributed by atoms with Crippen molar-refractivity contribution in [3.63, 3.8) is 0 Å². The fourth-order valence-electron chi connectivity index (χ4n) is 1.24. The summed E-state index contributed by atoms with van der Waals surface area (Å²) in [6.45, 7) is 1.54. The summed E-state index contributed by atoms with van der Waals surface area (Å²) in [5, 5.41) is 1.40. The van der Waals surface area contributed by atoms with E-state index in [-0.39, 0.29) is 18.8 Å². The molecule has 3 N–H and O–H groups in total. The third-order valence-corrected chi connectivity index (χ3v) is 4.42. The first-order valence-electron chi connectivity index (χ1n) is 5.19. The molecule has 0 saturated heterocycles. The Morgan fingerprint density at radius 2 is 2.29 bits per heavy atom. The normalized spacial score (nSPS) is 13.3. The molecule has 96 valence electrons. The lowest BCUT2D eigenvalue weighted by Gasteiger charge is -2.11. The Labute approximate surface area is 100 Å². The maximum absolute atomic E-state index is 11.6. The first kappa shape index (κ1) is 13.7. The van der Waals surface area contributed by atoms with Crippen LogP contribution in [0.2, 0.25) is 0 Å². The summed E-state index contributed by atoms with van der Waals surface area (Å²) >= 11 is 0. The lowest BCUT2D eigenvalue weighted by molar-refractivity contribution is -0.120. The lowest BCUT2D eigenvalue weighted by atomic mass is 10.4. The van der Waals surface area contributed by atoms with Crippen molar-refractivity contribution in [1.29, 1.82) is 0 Å². The van der Waals surface area contributed by atoms with Crippen molar-refractivity contribution >= 4 is 15.7 Å². The molecule has 1 heterocycles. The molecule has 17 heavy (non-hydrogen) atoms. The van der Waals surface area contributed by atoms with Crippen LogP contribution in [0.1, 0.15) is 12.7 Å². The highest BCUT2D eigenvalue weighted by Crippen LogP contribution is 2.03. The van der Waals surface area contributed by atoms with Crippen LogP contribution >= 0.6 is 0 Å². The average molecular weight is 260 g/mol. The number of hydrogen-bond acceptors (Lipinski definition) is 5. The molecule has 0 aliphatic rings. The monoisotopic (exact) mass is 260 g/mol. The number of rotatable bonds is 6. The first-order chi connectivity index (χ1) is 7.97. The van der Waals surface area contributed by atoms with Crippen LogP contribution in [0.5, 0.6) is 0 Å². The summed E-state index contributed by atoms with van der Waals surface area (Å²) < 4.78 is 28.2. The van der Waals surface area contributed by atoms with Crippen LogP contribution in [0.15, 0.2) is 22.8 Å². The molecule has 1 rings (SSSR count). The Kier molecular flexibility index (Phi) is 4.71. The molecule has 0 fully saturated rings. The van der Waals surface area contributed by atoms with Crippen molar-refractivity contribution in [2.24, 2.45) is 5.73 Å². The van der Waals surface area contributed by atoms with Gasteiger partial charge in [0.2, 0.25) is 5.91 Å². The third-order valence-electron chi connectivity index (χ3n) is 2.33. The van der Waals surface area contributed by atoms with E-state index in [1.165, 1.54) is 13.2 Å². The molecular weight excluding hydrogens is 244 g/mol. The fourth-order valence-corrected chi connectivity index (χ4v) is 2.33. The van der Waals surface area contributed by atoms with E-state index in [4.69, 9.17) is 10.2 Å². The molecule has 0 radical (unpaired) electrons. The van der Waals surface area contributed by atoms with Gasteiger partial charge >= 0.3 is 0 Å². The molecule has 1 amide bonds.